The van der Waals surface area contributed by atoms with Crippen LogP contribution in [0.2, 0.25) is 0 Å². The fourth-order valence-electron chi connectivity index (χ4n) is 1.59. The molecule has 0 heterocycles. The lowest BCUT2D eigenvalue weighted by molar-refractivity contribution is -0.139. The summed E-state index contributed by atoms with van der Waals surface area (Å²) in [6, 6.07) is -0.275. The van der Waals surface area contributed by atoms with Crippen molar-refractivity contribution in [1.82, 2.24) is 5.32 Å². The van der Waals surface area contributed by atoms with Crippen molar-refractivity contribution in [2.75, 3.05) is 6.61 Å². The highest BCUT2D eigenvalue weighted by Gasteiger charge is 2.26. The van der Waals surface area contributed by atoms with Crippen molar-refractivity contribution < 1.29 is 19.8 Å². The van der Waals surface area contributed by atoms with Crippen molar-refractivity contribution in [1.29, 1.82) is 0 Å². The van der Waals surface area contributed by atoms with Gasteiger partial charge in [-0.05, 0) is 11.3 Å². The summed E-state index contributed by atoms with van der Waals surface area (Å²) in [5, 5.41) is 20.5. The first-order valence-electron chi connectivity index (χ1n) is 5.80. The van der Waals surface area contributed by atoms with Gasteiger partial charge in [-0.25, -0.2) is 0 Å². The SMILES string of the molecule is CC(C)C(CO)NC(=O)CC(C)(C)CC(=O)O. The summed E-state index contributed by atoms with van der Waals surface area (Å²) in [4.78, 5) is 22.3. The van der Waals surface area contributed by atoms with E-state index in [1.807, 2.05) is 13.8 Å². The summed E-state index contributed by atoms with van der Waals surface area (Å²) in [5.74, 6) is -0.985. The number of aliphatic hydroxyl groups is 1. The monoisotopic (exact) mass is 245 g/mol. The summed E-state index contributed by atoms with van der Waals surface area (Å²) >= 11 is 0. The van der Waals surface area contributed by atoms with Crippen LogP contribution in [0.5, 0.6) is 0 Å². The van der Waals surface area contributed by atoms with Crippen LogP contribution < -0.4 is 5.32 Å². The van der Waals surface area contributed by atoms with Gasteiger partial charge in [0.15, 0.2) is 0 Å². The number of hydrogen-bond donors (Lipinski definition) is 3. The van der Waals surface area contributed by atoms with Crippen molar-refractivity contribution >= 4 is 11.9 Å². The van der Waals surface area contributed by atoms with Gasteiger partial charge in [0.25, 0.3) is 0 Å². The van der Waals surface area contributed by atoms with Crippen LogP contribution >= 0.6 is 0 Å². The molecule has 3 N–H and O–H groups in total. The van der Waals surface area contributed by atoms with Gasteiger partial charge in [0.1, 0.15) is 0 Å². The van der Waals surface area contributed by atoms with Crippen LogP contribution in [-0.2, 0) is 9.59 Å². The first kappa shape index (κ1) is 15.9. The maximum atomic E-state index is 11.7. The van der Waals surface area contributed by atoms with Gasteiger partial charge in [-0.2, -0.15) is 0 Å². The predicted octanol–water partition coefficient (Wildman–Crippen LogP) is 1.01. The largest absolute Gasteiger partial charge is 0.481 e. The number of aliphatic hydroxyl groups excluding tert-OH is 1. The molecule has 0 aliphatic carbocycles. The second-order valence-electron chi connectivity index (χ2n) is 5.51. The third-order valence-electron chi connectivity index (χ3n) is 2.62. The van der Waals surface area contributed by atoms with E-state index in [4.69, 9.17) is 10.2 Å². The number of amides is 1. The minimum absolute atomic E-state index is 0.0497. The highest BCUT2D eigenvalue weighted by molar-refractivity contribution is 5.78. The average molecular weight is 245 g/mol. The molecule has 5 nitrogen and oxygen atoms in total. The molecule has 0 saturated carbocycles. The summed E-state index contributed by atoms with van der Waals surface area (Å²) in [6.07, 6.45) is 0.0917. The highest BCUT2D eigenvalue weighted by atomic mass is 16.4. The first-order valence-corrected chi connectivity index (χ1v) is 5.80. The predicted molar refractivity (Wildman–Crippen MR) is 64.5 cm³/mol. The second-order valence-corrected chi connectivity index (χ2v) is 5.51. The van der Waals surface area contributed by atoms with E-state index in [1.165, 1.54) is 0 Å². The van der Waals surface area contributed by atoms with E-state index in [0.29, 0.717) is 0 Å². The van der Waals surface area contributed by atoms with Crippen LogP contribution in [-0.4, -0.2) is 34.7 Å². The lowest BCUT2D eigenvalue weighted by Crippen LogP contribution is -2.42. The van der Waals surface area contributed by atoms with Gasteiger partial charge in [-0.1, -0.05) is 27.7 Å². The standard InChI is InChI=1S/C12H23NO4/c1-8(2)9(7-14)13-10(15)5-12(3,4)6-11(16)17/h8-9,14H,5-7H2,1-4H3,(H,13,15)(H,16,17). The molecule has 100 valence electrons. The molecule has 0 aromatic heterocycles. The molecule has 17 heavy (non-hydrogen) atoms. The third kappa shape index (κ3) is 6.94. The topological polar surface area (TPSA) is 86.6 Å². The Balaban J connectivity index is 4.29. The summed E-state index contributed by atoms with van der Waals surface area (Å²) < 4.78 is 0. The van der Waals surface area contributed by atoms with Gasteiger partial charge in [0, 0.05) is 6.42 Å². The minimum Gasteiger partial charge on any atom is -0.481 e. The van der Waals surface area contributed by atoms with Crippen LogP contribution in [0, 0.1) is 11.3 Å². The summed E-state index contributed by atoms with van der Waals surface area (Å²) in [6.45, 7) is 7.18. The van der Waals surface area contributed by atoms with Gasteiger partial charge >= 0.3 is 5.97 Å². The Morgan fingerprint density at radius 2 is 1.76 bits per heavy atom. The molecular weight excluding hydrogens is 222 g/mol. The molecule has 0 aliphatic rings. The molecule has 0 rings (SSSR count). The van der Waals surface area contributed by atoms with Crippen LogP contribution in [0.1, 0.15) is 40.5 Å². The molecule has 0 radical (unpaired) electrons. The Hall–Kier alpha value is -1.10. The number of hydrogen-bond acceptors (Lipinski definition) is 3. The minimum atomic E-state index is -0.912. The van der Waals surface area contributed by atoms with Crippen molar-refractivity contribution in [2.45, 2.75) is 46.6 Å². The van der Waals surface area contributed by atoms with Crippen molar-refractivity contribution in [3.05, 3.63) is 0 Å². The van der Waals surface area contributed by atoms with Crippen LogP contribution in [0.15, 0.2) is 0 Å². The second kappa shape index (κ2) is 6.59. The van der Waals surface area contributed by atoms with E-state index in [9.17, 15) is 9.59 Å². The van der Waals surface area contributed by atoms with Gasteiger partial charge in [0.05, 0.1) is 19.1 Å². The Morgan fingerprint density at radius 3 is 2.12 bits per heavy atom. The molecular formula is C12H23NO4. The number of aliphatic carboxylic acids is 1. The third-order valence-corrected chi connectivity index (χ3v) is 2.62. The molecule has 0 bridgehead atoms. The molecule has 0 aliphatic heterocycles. The lowest BCUT2D eigenvalue weighted by Gasteiger charge is -2.25. The maximum absolute atomic E-state index is 11.7. The Bertz CT molecular complexity index is 274. The van der Waals surface area contributed by atoms with Gasteiger partial charge in [-0.3, -0.25) is 9.59 Å². The fourth-order valence-corrected chi connectivity index (χ4v) is 1.59. The van der Waals surface area contributed by atoms with Gasteiger partial charge in [0.2, 0.25) is 5.91 Å². The molecule has 0 spiro atoms. The number of carbonyl (C=O) groups excluding carboxylic acids is 1. The zero-order valence-electron chi connectivity index (χ0n) is 11.0. The van der Waals surface area contributed by atoms with E-state index in [-0.39, 0.29) is 37.3 Å². The Morgan fingerprint density at radius 1 is 1.24 bits per heavy atom. The van der Waals surface area contributed by atoms with Crippen LogP contribution in [0.3, 0.4) is 0 Å². The number of carboxylic acids is 1. The van der Waals surface area contributed by atoms with E-state index >= 15 is 0 Å². The quantitative estimate of drug-likeness (QED) is 0.624. The molecule has 0 aromatic carbocycles. The molecule has 5 heteroatoms. The van der Waals surface area contributed by atoms with E-state index in [1.54, 1.807) is 13.8 Å². The molecule has 1 amide bonds. The normalized spacial score (nSPS) is 13.5. The van der Waals surface area contributed by atoms with E-state index in [2.05, 4.69) is 5.32 Å². The van der Waals surface area contributed by atoms with Crippen molar-refractivity contribution in [3.8, 4) is 0 Å². The molecule has 1 atom stereocenters. The number of carbonyl (C=O) groups is 2. The zero-order chi connectivity index (χ0) is 13.6. The Kier molecular flexibility index (Phi) is 6.16. The zero-order valence-corrected chi connectivity index (χ0v) is 11.0. The number of rotatable bonds is 7. The lowest BCUT2D eigenvalue weighted by atomic mass is 9.85. The van der Waals surface area contributed by atoms with Gasteiger partial charge < -0.3 is 15.5 Å². The smallest absolute Gasteiger partial charge is 0.303 e. The number of nitrogens with one attached hydrogen (secondary N) is 1. The summed E-state index contributed by atoms with van der Waals surface area (Å²) in [5.41, 5.74) is -0.576. The van der Waals surface area contributed by atoms with Crippen LogP contribution in [0.25, 0.3) is 0 Å². The first-order chi connectivity index (χ1) is 7.68. The molecule has 0 aromatic rings. The van der Waals surface area contributed by atoms with Gasteiger partial charge in [-0.15, -0.1) is 0 Å². The molecule has 1 unspecified atom stereocenters. The van der Waals surface area contributed by atoms with Crippen molar-refractivity contribution in [2.24, 2.45) is 11.3 Å². The highest BCUT2D eigenvalue weighted by Crippen LogP contribution is 2.24. The average Bonchev–Trinajstić information content (AvgIpc) is 2.10. The van der Waals surface area contributed by atoms with E-state index in [0.717, 1.165) is 0 Å². The fraction of sp³-hybridized carbons (Fsp3) is 0.833. The summed E-state index contributed by atoms with van der Waals surface area (Å²) in [7, 11) is 0. The molecule has 0 fully saturated rings. The Labute approximate surface area is 102 Å². The van der Waals surface area contributed by atoms with Crippen molar-refractivity contribution in [3.63, 3.8) is 0 Å². The maximum Gasteiger partial charge on any atom is 0.303 e. The molecule has 0 saturated heterocycles. The van der Waals surface area contributed by atoms with E-state index < -0.39 is 11.4 Å². The number of carboxylic acid groups (broad SMARTS) is 1. The van der Waals surface area contributed by atoms with Crippen LogP contribution in [0.4, 0.5) is 0 Å².